The van der Waals surface area contributed by atoms with E-state index in [1.165, 1.54) is 15.7 Å². The van der Waals surface area contributed by atoms with E-state index in [2.05, 4.69) is 35.3 Å². The quantitative estimate of drug-likeness (QED) is 0.895. The van der Waals surface area contributed by atoms with E-state index in [4.69, 9.17) is 4.74 Å². The highest BCUT2D eigenvalue weighted by Gasteiger charge is 2.23. The van der Waals surface area contributed by atoms with Gasteiger partial charge in [0.25, 0.3) is 10.2 Å². The number of aryl methyl sites for hydroxylation is 2. The van der Waals surface area contributed by atoms with Gasteiger partial charge in [-0.15, -0.1) is 0 Å². The van der Waals surface area contributed by atoms with Crippen molar-refractivity contribution in [2.75, 3.05) is 26.3 Å². The van der Waals surface area contributed by atoms with Crippen molar-refractivity contribution in [1.82, 2.24) is 13.6 Å². The molecule has 2 heterocycles. The average molecular weight is 349 g/mol. The summed E-state index contributed by atoms with van der Waals surface area (Å²) in [5.41, 5.74) is 4.36. The molecule has 1 fully saturated rings. The van der Waals surface area contributed by atoms with Crippen LogP contribution in [0.4, 0.5) is 0 Å². The maximum atomic E-state index is 12.3. The van der Waals surface area contributed by atoms with Gasteiger partial charge in [-0.2, -0.15) is 17.4 Å². The number of hydrogen-bond acceptors (Lipinski definition) is 3. The fourth-order valence-corrected chi connectivity index (χ4v) is 4.05. The predicted octanol–water partition coefficient (Wildman–Crippen LogP) is 1.76. The number of aromatic nitrogens is 1. The van der Waals surface area contributed by atoms with Gasteiger partial charge < -0.3 is 9.30 Å². The van der Waals surface area contributed by atoms with Gasteiger partial charge in [0.15, 0.2) is 0 Å². The van der Waals surface area contributed by atoms with E-state index in [1.807, 2.05) is 24.3 Å². The fourth-order valence-electron chi connectivity index (χ4n) is 2.89. The van der Waals surface area contributed by atoms with Gasteiger partial charge in [0.2, 0.25) is 0 Å². The lowest BCUT2D eigenvalue weighted by Crippen LogP contribution is -2.46. The third-order valence-corrected chi connectivity index (χ3v) is 5.79. The zero-order valence-corrected chi connectivity index (χ0v) is 14.8. The highest BCUT2D eigenvalue weighted by atomic mass is 32.2. The zero-order chi connectivity index (χ0) is 17.2. The van der Waals surface area contributed by atoms with Crippen LogP contribution >= 0.6 is 0 Å². The number of benzene rings is 1. The molecule has 0 aliphatic carbocycles. The summed E-state index contributed by atoms with van der Waals surface area (Å²) < 4.78 is 36.0. The number of morpholine rings is 1. The molecular formula is C17H23N3O3S. The average Bonchev–Trinajstić information content (AvgIpc) is 2.93. The molecule has 1 saturated heterocycles. The second-order valence-corrected chi connectivity index (χ2v) is 7.71. The summed E-state index contributed by atoms with van der Waals surface area (Å²) in [6.45, 7) is 6.12. The van der Waals surface area contributed by atoms with E-state index >= 15 is 0 Å². The molecule has 0 amide bonds. The monoisotopic (exact) mass is 349 g/mol. The summed E-state index contributed by atoms with van der Waals surface area (Å²) in [6, 6.07) is 12.1. The van der Waals surface area contributed by atoms with Crippen LogP contribution in [0.25, 0.3) is 5.69 Å². The van der Waals surface area contributed by atoms with Crippen molar-refractivity contribution >= 4 is 10.2 Å². The molecule has 1 aliphatic heterocycles. The van der Waals surface area contributed by atoms with Crippen LogP contribution in [0.1, 0.15) is 17.0 Å². The Bertz CT molecular complexity index is 771. The first-order valence-electron chi connectivity index (χ1n) is 8.04. The van der Waals surface area contributed by atoms with E-state index in [1.54, 1.807) is 0 Å². The zero-order valence-electron chi connectivity index (χ0n) is 14.0. The third kappa shape index (κ3) is 3.70. The summed E-state index contributed by atoms with van der Waals surface area (Å²) in [6.07, 6.45) is 0. The van der Waals surface area contributed by atoms with Gasteiger partial charge in [0.1, 0.15) is 0 Å². The molecule has 24 heavy (non-hydrogen) atoms. The Morgan fingerprint density at radius 2 is 1.58 bits per heavy atom. The lowest BCUT2D eigenvalue weighted by atomic mass is 10.2. The molecule has 0 spiro atoms. The van der Waals surface area contributed by atoms with Crippen LogP contribution in [-0.4, -0.2) is 43.6 Å². The Labute approximate surface area is 143 Å². The lowest BCUT2D eigenvalue weighted by Gasteiger charge is -2.26. The molecule has 1 N–H and O–H groups in total. The molecule has 1 aromatic heterocycles. The van der Waals surface area contributed by atoms with Gasteiger partial charge in [0, 0.05) is 36.7 Å². The van der Waals surface area contributed by atoms with Crippen LogP contribution in [0.15, 0.2) is 36.4 Å². The van der Waals surface area contributed by atoms with Crippen molar-refractivity contribution < 1.29 is 13.2 Å². The molecule has 0 radical (unpaired) electrons. The summed E-state index contributed by atoms with van der Waals surface area (Å²) in [5.74, 6) is 0. The number of nitrogens with zero attached hydrogens (tertiary/aromatic N) is 2. The van der Waals surface area contributed by atoms with Crippen LogP contribution in [0.2, 0.25) is 0 Å². The predicted molar refractivity (Wildman–Crippen MR) is 93.4 cm³/mol. The number of nitrogens with one attached hydrogen (secondary N) is 1. The van der Waals surface area contributed by atoms with E-state index in [0.29, 0.717) is 26.3 Å². The minimum atomic E-state index is -3.45. The summed E-state index contributed by atoms with van der Waals surface area (Å²) >= 11 is 0. The third-order valence-electron chi connectivity index (χ3n) is 4.23. The maximum absolute atomic E-state index is 12.3. The van der Waals surface area contributed by atoms with Gasteiger partial charge in [0.05, 0.1) is 13.2 Å². The first-order chi connectivity index (χ1) is 11.5. The van der Waals surface area contributed by atoms with Crippen molar-refractivity contribution in [3.8, 4) is 5.69 Å². The molecule has 130 valence electrons. The Morgan fingerprint density at radius 3 is 2.17 bits per heavy atom. The Kier molecular flexibility index (Phi) is 5.05. The SMILES string of the molecule is Cc1ccc(C)n1-c1ccc(CNS(=O)(=O)N2CCOCC2)cc1. The number of rotatable bonds is 5. The first-order valence-corrected chi connectivity index (χ1v) is 9.48. The van der Waals surface area contributed by atoms with Gasteiger partial charge in [-0.1, -0.05) is 12.1 Å². The Balaban J connectivity index is 1.66. The molecule has 3 rings (SSSR count). The molecule has 1 aliphatic rings. The van der Waals surface area contributed by atoms with E-state index in [-0.39, 0.29) is 6.54 Å². The normalized spacial score (nSPS) is 16.4. The van der Waals surface area contributed by atoms with E-state index in [9.17, 15) is 8.42 Å². The standard InChI is InChI=1S/C17H23N3O3S/c1-14-3-4-15(2)20(14)17-7-5-16(6-8-17)13-18-24(21,22)19-9-11-23-12-10-19/h3-8,18H,9-13H2,1-2H3. The molecule has 2 aromatic rings. The summed E-state index contributed by atoms with van der Waals surface area (Å²) in [7, 11) is -3.45. The largest absolute Gasteiger partial charge is 0.379 e. The molecule has 6 nitrogen and oxygen atoms in total. The van der Waals surface area contributed by atoms with E-state index < -0.39 is 10.2 Å². The lowest BCUT2D eigenvalue weighted by molar-refractivity contribution is 0.0725. The molecular weight excluding hydrogens is 326 g/mol. The van der Waals surface area contributed by atoms with Crippen LogP contribution in [0, 0.1) is 13.8 Å². The van der Waals surface area contributed by atoms with Gasteiger partial charge in [-0.05, 0) is 43.7 Å². The summed E-state index contributed by atoms with van der Waals surface area (Å²) in [5, 5.41) is 0. The number of hydrogen-bond donors (Lipinski definition) is 1. The molecule has 1 aromatic carbocycles. The first kappa shape index (κ1) is 17.2. The fraction of sp³-hybridized carbons (Fsp3) is 0.412. The minimum absolute atomic E-state index is 0.281. The smallest absolute Gasteiger partial charge is 0.279 e. The molecule has 0 unspecified atom stereocenters. The maximum Gasteiger partial charge on any atom is 0.279 e. The van der Waals surface area contributed by atoms with Crippen molar-refractivity contribution in [1.29, 1.82) is 0 Å². The number of ether oxygens (including phenoxy) is 1. The molecule has 7 heteroatoms. The van der Waals surface area contributed by atoms with Crippen LogP contribution < -0.4 is 4.72 Å². The van der Waals surface area contributed by atoms with Crippen LogP contribution in [0.5, 0.6) is 0 Å². The van der Waals surface area contributed by atoms with Gasteiger partial charge >= 0.3 is 0 Å². The van der Waals surface area contributed by atoms with Crippen molar-refractivity contribution in [3.05, 3.63) is 53.3 Å². The molecule has 0 atom stereocenters. The van der Waals surface area contributed by atoms with Crippen molar-refractivity contribution in [2.45, 2.75) is 20.4 Å². The van der Waals surface area contributed by atoms with E-state index in [0.717, 1.165) is 11.3 Å². The van der Waals surface area contributed by atoms with Gasteiger partial charge in [-0.25, -0.2) is 0 Å². The van der Waals surface area contributed by atoms with Crippen molar-refractivity contribution in [2.24, 2.45) is 0 Å². The van der Waals surface area contributed by atoms with Crippen molar-refractivity contribution in [3.63, 3.8) is 0 Å². The topological polar surface area (TPSA) is 63.6 Å². The highest BCUT2D eigenvalue weighted by molar-refractivity contribution is 7.87. The van der Waals surface area contributed by atoms with Crippen LogP contribution in [-0.2, 0) is 21.5 Å². The summed E-state index contributed by atoms with van der Waals surface area (Å²) in [4.78, 5) is 0. The Morgan fingerprint density at radius 1 is 1.00 bits per heavy atom. The van der Waals surface area contributed by atoms with Crippen LogP contribution in [0.3, 0.4) is 0 Å². The highest BCUT2D eigenvalue weighted by Crippen LogP contribution is 2.17. The minimum Gasteiger partial charge on any atom is -0.379 e. The Hall–Kier alpha value is -1.67. The molecule has 0 bridgehead atoms. The second-order valence-electron chi connectivity index (χ2n) is 5.96. The second kappa shape index (κ2) is 7.06. The van der Waals surface area contributed by atoms with Gasteiger partial charge in [-0.3, -0.25) is 0 Å². The molecule has 0 saturated carbocycles.